The Morgan fingerprint density at radius 2 is 2.29 bits per heavy atom. The predicted molar refractivity (Wildman–Crippen MR) is 59.1 cm³/mol. The highest BCUT2D eigenvalue weighted by Gasteiger charge is 2.25. The zero-order valence-electron chi connectivity index (χ0n) is 8.74. The van der Waals surface area contributed by atoms with Crippen molar-refractivity contribution in [1.82, 2.24) is 0 Å². The van der Waals surface area contributed by atoms with Crippen LogP contribution in [0, 0.1) is 0 Å². The molecule has 0 unspecified atom stereocenters. The normalized spacial score (nSPS) is 25.5. The van der Waals surface area contributed by atoms with E-state index in [0.29, 0.717) is 12.1 Å². The van der Waals surface area contributed by atoms with Crippen LogP contribution >= 0.6 is 0 Å². The third-order valence-electron chi connectivity index (χ3n) is 3.06. The molecule has 0 bridgehead atoms. The summed E-state index contributed by atoms with van der Waals surface area (Å²) in [5.74, 6) is 0. The second-order valence-corrected chi connectivity index (χ2v) is 4.17. The highest BCUT2D eigenvalue weighted by atomic mass is 15.0. The molecule has 0 spiro atoms. The summed E-state index contributed by atoms with van der Waals surface area (Å²) in [6.45, 7) is 6.10. The van der Waals surface area contributed by atoms with Crippen molar-refractivity contribution in [2.24, 2.45) is 0 Å². The largest absolute Gasteiger partial charge is 0.337 e. The summed E-state index contributed by atoms with van der Waals surface area (Å²) in [6.07, 6.45) is 4.33. The van der Waals surface area contributed by atoms with Gasteiger partial charge in [0.05, 0.1) is 6.04 Å². The Morgan fingerprint density at radius 3 is 3.07 bits per heavy atom. The van der Waals surface area contributed by atoms with E-state index in [9.17, 15) is 0 Å². The van der Waals surface area contributed by atoms with E-state index < -0.39 is 0 Å². The summed E-state index contributed by atoms with van der Waals surface area (Å²) >= 11 is 0. The van der Waals surface area contributed by atoms with E-state index in [2.05, 4.69) is 43.1 Å². The minimum atomic E-state index is 0.602. The molecular formula is C13H18N+. The quantitative estimate of drug-likeness (QED) is 0.682. The van der Waals surface area contributed by atoms with Crippen molar-refractivity contribution in [2.75, 3.05) is 0 Å². The summed E-state index contributed by atoms with van der Waals surface area (Å²) in [5, 5.41) is 2.46. The standard InChI is InChI=1S/C13H17N/c1-3-6-12-9-11-7-4-5-8-13(11)10(2)14-12/h3-5,7-8,10,12,14H,1,6,9H2,2H3/p+1/t10-,12+/m1/s1. The van der Waals surface area contributed by atoms with Crippen LogP contribution in [0.3, 0.4) is 0 Å². The lowest BCUT2D eigenvalue weighted by molar-refractivity contribution is -0.727. The Balaban J connectivity index is 2.24. The minimum absolute atomic E-state index is 0.602. The van der Waals surface area contributed by atoms with Gasteiger partial charge in [-0.15, -0.1) is 6.58 Å². The van der Waals surface area contributed by atoms with Gasteiger partial charge in [-0.1, -0.05) is 30.3 Å². The Bertz CT molecular complexity index is 330. The molecule has 74 valence electrons. The maximum absolute atomic E-state index is 3.82. The topological polar surface area (TPSA) is 16.6 Å². The van der Waals surface area contributed by atoms with Crippen LogP contribution in [0.15, 0.2) is 36.9 Å². The molecule has 0 radical (unpaired) electrons. The van der Waals surface area contributed by atoms with E-state index in [-0.39, 0.29) is 0 Å². The lowest BCUT2D eigenvalue weighted by Crippen LogP contribution is -2.92. The second-order valence-electron chi connectivity index (χ2n) is 4.17. The van der Waals surface area contributed by atoms with Crippen molar-refractivity contribution in [1.29, 1.82) is 0 Å². The van der Waals surface area contributed by atoms with Crippen LogP contribution in [-0.2, 0) is 6.42 Å². The maximum Gasteiger partial charge on any atom is 0.109 e. The lowest BCUT2D eigenvalue weighted by atomic mass is 9.90. The van der Waals surface area contributed by atoms with Crippen molar-refractivity contribution in [2.45, 2.75) is 31.8 Å². The minimum Gasteiger partial charge on any atom is -0.337 e. The van der Waals surface area contributed by atoms with Gasteiger partial charge < -0.3 is 5.32 Å². The fourth-order valence-electron chi connectivity index (χ4n) is 2.40. The van der Waals surface area contributed by atoms with E-state index in [0.717, 1.165) is 6.42 Å². The van der Waals surface area contributed by atoms with Crippen LogP contribution in [0.1, 0.15) is 30.5 Å². The average Bonchev–Trinajstić information content (AvgIpc) is 2.18. The molecule has 14 heavy (non-hydrogen) atoms. The molecule has 0 amide bonds. The Labute approximate surface area is 85.8 Å². The Hall–Kier alpha value is -1.08. The molecule has 0 saturated carbocycles. The van der Waals surface area contributed by atoms with E-state index in [1.165, 1.54) is 17.5 Å². The monoisotopic (exact) mass is 188 g/mol. The molecular weight excluding hydrogens is 170 g/mol. The third kappa shape index (κ3) is 1.73. The number of quaternary nitrogens is 1. The first-order chi connectivity index (χ1) is 6.81. The summed E-state index contributed by atoms with van der Waals surface area (Å²) < 4.78 is 0. The Kier molecular flexibility index (Phi) is 2.69. The molecule has 1 aliphatic rings. The number of nitrogens with two attached hydrogens (primary N) is 1. The fraction of sp³-hybridized carbons (Fsp3) is 0.385. The zero-order chi connectivity index (χ0) is 9.97. The smallest absolute Gasteiger partial charge is 0.109 e. The molecule has 1 heteroatoms. The maximum atomic E-state index is 3.82. The van der Waals surface area contributed by atoms with Gasteiger partial charge in [0.25, 0.3) is 0 Å². The highest BCUT2D eigenvalue weighted by Crippen LogP contribution is 2.20. The van der Waals surface area contributed by atoms with E-state index in [1.807, 2.05) is 6.08 Å². The summed E-state index contributed by atoms with van der Waals surface area (Å²) in [4.78, 5) is 0. The molecule has 1 aliphatic heterocycles. The summed E-state index contributed by atoms with van der Waals surface area (Å²) in [5.41, 5.74) is 3.03. The van der Waals surface area contributed by atoms with Crippen LogP contribution in [-0.4, -0.2) is 6.04 Å². The van der Waals surface area contributed by atoms with Gasteiger partial charge in [0, 0.05) is 18.4 Å². The van der Waals surface area contributed by atoms with Gasteiger partial charge in [0.1, 0.15) is 6.04 Å². The van der Waals surface area contributed by atoms with Crippen LogP contribution in [0.25, 0.3) is 0 Å². The molecule has 0 saturated heterocycles. The van der Waals surface area contributed by atoms with E-state index >= 15 is 0 Å². The van der Waals surface area contributed by atoms with Crippen molar-refractivity contribution >= 4 is 0 Å². The number of fused-ring (bicyclic) bond motifs is 1. The van der Waals surface area contributed by atoms with Gasteiger partial charge in [0.15, 0.2) is 0 Å². The van der Waals surface area contributed by atoms with Gasteiger partial charge in [0.2, 0.25) is 0 Å². The van der Waals surface area contributed by atoms with Gasteiger partial charge in [-0.2, -0.15) is 0 Å². The first-order valence-corrected chi connectivity index (χ1v) is 5.35. The number of rotatable bonds is 2. The molecule has 1 heterocycles. The first-order valence-electron chi connectivity index (χ1n) is 5.35. The predicted octanol–water partition coefficient (Wildman–Crippen LogP) is 1.81. The van der Waals surface area contributed by atoms with E-state index in [1.54, 1.807) is 0 Å². The Morgan fingerprint density at radius 1 is 1.50 bits per heavy atom. The fourth-order valence-corrected chi connectivity index (χ4v) is 2.40. The van der Waals surface area contributed by atoms with Crippen molar-refractivity contribution in [3.05, 3.63) is 48.0 Å². The molecule has 2 atom stereocenters. The summed E-state index contributed by atoms with van der Waals surface area (Å²) in [6, 6.07) is 10.1. The van der Waals surface area contributed by atoms with E-state index in [4.69, 9.17) is 0 Å². The number of hydrogen-bond acceptors (Lipinski definition) is 0. The molecule has 2 rings (SSSR count). The molecule has 1 aromatic carbocycles. The van der Waals surface area contributed by atoms with Crippen LogP contribution in [0.2, 0.25) is 0 Å². The zero-order valence-corrected chi connectivity index (χ0v) is 8.74. The average molecular weight is 188 g/mol. The molecule has 2 N–H and O–H groups in total. The van der Waals surface area contributed by atoms with Crippen molar-refractivity contribution in [3.8, 4) is 0 Å². The summed E-state index contributed by atoms with van der Waals surface area (Å²) in [7, 11) is 0. The lowest BCUT2D eigenvalue weighted by Gasteiger charge is -2.27. The molecule has 1 nitrogen and oxygen atoms in total. The van der Waals surface area contributed by atoms with Crippen molar-refractivity contribution < 1.29 is 5.32 Å². The first kappa shape index (κ1) is 9.47. The molecule has 1 aromatic rings. The molecule has 0 aliphatic carbocycles. The van der Waals surface area contributed by atoms with Gasteiger partial charge >= 0.3 is 0 Å². The second kappa shape index (κ2) is 3.97. The number of benzene rings is 1. The SMILES string of the molecule is C=CC[C@H]1Cc2ccccc2[C@@H](C)[NH2+]1. The third-order valence-corrected chi connectivity index (χ3v) is 3.06. The highest BCUT2D eigenvalue weighted by molar-refractivity contribution is 5.30. The number of hydrogen-bond donors (Lipinski definition) is 1. The van der Waals surface area contributed by atoms with Crippen molar-refractivity contribution in [3.63, 3.8) is 0 Å². The van der Waals surface area contributed by atoms with Crippen LogP contribution < -0.4 is 5.32 Å². The molecule has 0 fully saturated rings. The molecule has 0 aromatic heterocycles. The van der Waals surface area contributed by atoms with Gasteiger partial charge in [-0.05, 0) is 12.5 Å². The van der Waals surface area contributed by atoms with Crippen LogP contribution in [0.4, 0.5) is 0 Å². The van der Waals surface area contributed by atoms with Gasteiger partial charge in [-0.3, -0.25) is 0 Å². The van der Waals surface area contributed by atoms with Crippen LogP contribution in [0.5, 0.6) is 0 Å². The van der Waals surface area contributed by atoms with Gasteiger partial charge in [-0.25, -0.2) is 0 Å².